The topological polar surface area (TPSA) is 119 Å². The fraction of sp³-hybridized carbons (Fsp3) is 0.280. The highest BCUT2D eigenvalue weighted by atomic mass is 35.5. The van der Waals surface area contributed by atoms with Crippen LogP contribution < -0.4 is 9.47 Å². The van der Waals surface area contributed by atoms with Crippen LogP contribution in [0.4, 0.5) is 18.0 Å². The first kappa shape index (κ1) is 30.9. The van der Waals surface area contributed by atoms with E-state index in [2.05, 4.69) is 4.98 Å². The molecule has 0 fully saturated rings. The van der Waals surface area contributed by atoms with Crippen molar-refractivity contribution in [1.82, 2.24) is 13.6 Å². The summed E-state index contributed by atoms with van der Waals surface area (Å²) in [7, 11) is -1.89. The highest BCUT2D eigenvalue weighted by Crippen LogP contribution is 2.37. The van der Waals surface area contributed by atoms with Gasteiger partial charge in [-0.2, -0.15) is 30.2 Å². The van der Waals surface area contributed by atoms with Crippen LogP contribution in [0.3, 0.4) is 0 Å². The molecule has 1 amide bonds. The van der Waals surface area contributed by atoms with Gasteiger partial charge in [-0.1, -0.05) is 48.0 Å². The van der Waals surface area contributed by atoms with E-state index in [4.69, 9.17) is 25.8 Å². The number of carboxylic acid groups (broad SMARTS) is 1. The van der Waals surface area contributed by atoms with Gasteiger partial charge in [0.15, 0.2) is 0 Å². The van der Waals surface area contributed by atoms with Gasteiger partial charge in [0.2, 0.25) is 5.88 Å². The van der Waals surface area contributed by atoms with E-state index >= 15 is 0 Å². The zero-order valence-electron chi connectivity index (χ0n) is 21.3. The molecular weight excluding hydrogens is 579 g/mol. The maximum Gasteiger partial charge on any atom is 0.422 e. The molecular formula is C25H25ClF3N3O7S. The Labute approximate surface area is 233 Å². The van der Waals surface area contributed by atoms with Crippen LogP contribution in [0, 0.1) is 0 Å². The minimum atomic E-state index is -4.68. The number of methoxy groups -OCH3 is 1. The Balaban J connectivity index is 1.93. The summed E-state index contributed by atoms with van der Waals surface area (Å²) in [6.45, 7) is -0.385. The monoisotopic (exact) mass is 603 g/mol. The zero-order valence-corrected chi connectivity index (χ0v) is 22.8. The maximum absolute atomic E-state index is 13.2. The van der Waals surface area contributed by atoms with E-state index in [1.165, 1.54) is 32.4 Å². The fourth-order valence-electron chi connectivity index (χ4n) is 3.34. The molecule has 0 spiro atoms. The van der Waals surface area contributed by atoms with Gasteiger partial charge in [0.1, 0.15) is 23.1 Å². The summed E-state index contributed by atoms with van der Waals surface area (Å²) in [6.07, 6.45) is -5.82. The zero-order chi connectivity index (χ0) is 29.5. The lowest BCUT2D eigenvalue weighted by molar-refractivity contribution is -0.137. The molecule has 1 aromatic heterocycles. The molecule has 1 heterocycles. The van der Waals surface area contributed by atoms with Crippen molar-refractivity contribution in [3.63, 3.8) is 0 Å². The third-order valence-electron chi connectivity index (χ3n) is 5.38. The summed E-state index contributed by atoms with van der Waals surface area (Å²) >= 11 is 6.00. The number of rotatable bonds is 12. The molecule has 0 aliphatic rings. The third-order valence-corrected chi connectivity index (χ3v) is 7.41. The first-order valence-electron chi connectivity index (χ1n) is 11.5. The van der Waals surface area contributed by atoms with Crippen molar-refractivity contribution < 1.29 is 45.7 Å². The molecule has 1 N–H and O–H groups in total. The van der Waals surface area contributed by atoms with Crippen LogP contribution in [-0.2, 0) is 34.2 Å². The molecule has 0 bridgehead atoms. The van der Waals surface area contributed by atoms with Crippen molar-refractivity contribution in [2.45, 2.75) is 19.3 Å². The van der Waals surface area contributed by atoms with Crippen LogP contribution in [0.1, 0.15) is 16.7 Å². The summed E-state index contributed by atoms with van der Waals surface area (Å²) in [5.74, 6) is -0.122. The molecule has 40 heavy (non-hydrogen) atoms. The van der Waals surface area contributed by atoms with Gasteiger partial charge in [0.25, 0.3) is 0 Å². The molecule has 0 saturated carbocycles. The number of nitrogens with zero attached hydrogens (tertiary/aromatic N) is 3. The van der Waals surface area contributed by atoms with Crippen molar-refractivity contribution in [3.05, 3.63) is 82.5 Å². The van der Waals surface area contributed by atoms with Crippen molar-refractivity contribution >= 4 is 27.9 Å². The van der Waals surface area contributed by atoms with Crippen molar-refractivity contribution in [2.24, 2.45) is 0 Å². The molecule has 0 aliphatic carbocycles. The summed E-state index contributed by atoms with van der Waals surface area (Å²) < 4.78 is 82.8. The van der Waals surface area contributed by atoms with Gasteiger partial charge in [-0.05, 0) is 17.7 Å². The summed E-state index contributed by atoms with van der Waals surface area (Å²) in [5, 5.41) is 9.21. The lowest BCUT2D eigenvalue weighted by Crippen LogP contribution is -2.43. The summed E-state index contributed by atoms with van der Waals surface area (Å²) in [4.78, 5) is 15.5. The van der Waals surface area contributed by atoms with E-state index in [9.17, 15) is 31.5 Å². The fourth-order valence-corrected chi connectivity index (χ4v) is 4.69. The number of benzene rings is 2. The minimum Gasteiger partial charge on any atom is -0.491 e. The molecule has 0 unspecified atom stereocenters. The molecule has 15 heteroatoms. The molecule has 0 aliphatic heterocycles. The molecule has 2 aromatic carbocycles. The number of pyridine rings is 1. The second-order valence-corrected chi connectivity index (χ2v) is 10.6. The summed E-state index contributed by atoms with van der Waals surface area (Å²) in [5.41, 5.74) is -0.417. The van der Waals surface area contributed by atoms with Gasteiger partial charge < -0.3 is 19.3 Å². The van der Waals surface area contributed by atoms with Crippen molar-refractivity contribution in [1.29, 1.82) is 0 Å². The Hall–Kier alpha value is -3.59. The van der Waals surface area contributed by atoms with E-state index in [0.717, 1.165) is 4.31 Å². The quantitative estimate of drug-likeness (QED) is 0.272. The number of halogens is 4. The smallest absolute Gasteiger partial charge is 0.422 e. The highest BCUT2D eigenvalue weighted by molar-refractivity contribution is 7.87. The van der Waals surface area contributed by atoms with Crippen LogP contribution in [0.2, 0.25) is 5.02 Å². The largest absolute Gasteiger partial charge is 0.491 e. The van der Waals surface area contributed by atoms with Gasteiger partial charge >= 0.3 is 22.5 Å². The maximum atomic E-state index is 13.2. The first-order chi connectivity index (χ1) is 18.8. The number of amides is 1. The molecule has 0 atom stereocenters. The Morgan fingerprint density at radius 1 is 1.07 bits per heavy atom. The molecule has 10 nitrogen and oxygen atoms in total. The molecule has 0 radical (unpaired) electrons. The Kier molecular flexibility index (Phi) is 10.2. The minimum absolute atomic E-state index is 0.0314. The number of ether oxygens (including phenoxy) is 3. The second-order valence-electron chi connectivity index (χ2n) is 8.26. The number of carbonyl (C=O) groups is 1. The Morgan fingerprint density at radius 3 is 2.38 bits per heavy atom. The predicted octanol–water partition coefficient (Wildman–Crippen LogP) is 5.43. The van der Waals surface area contributed by atoms with E-state index in [1.54, 1.807) is 30.3 Å². The first-order valence-corrected chi connectivity index (χ1v) is 13.3. The number of aromatic nitrogens is 1. The van der Waals surface area contributed by atoms with Crippen LogP contribution in [0.15, 0.2) is 60.8 Å². The third kappa shape index (κ3) is 7.97. The van der Waals surface area contributed by atoms with Crippen LogP contribution in [-0.4, -0.2) is 60.6 Å². The average Bonchev–Trinajstić information content (AvgIpc) is 2.89. The predicted molar refractivity (Wildman–Crippen MR) is 139 cm³/mol. The van der Waals surface area contributed by atoms with E-state index in [1.807, 2.05) is 0 Å². The van der Waals surface area contributed by atoms with Gasteiger partial charge in [-0.25, -0.2) is 9.78 Å². The van der Waals surface area contributed by atoms with Crippen LogP contribution >= 0.6 is 11.6 Å². The van der Waals surface area contributed by atoms with Gasteiger partial charge in [-0.3, -0.25) is 0 Å². The van der Waals surface area contributed by atoms with E-state index < -0.39 is 39.6 Å². The Bertz CT molecular complexity index is 1430. The van der Waals surface area contributed by atoms with Gasteiger partial charge in [-0.15, -0.1) is 0 Å². The van der Waals surface area contributed by atoms with Crippen LogP contribution in [0.5, 0.6) is 17.4 Å². The normalized spacial score (nSPS) is 11.9. The molecule has 3 rings (SSSR count). The molecule has 3 aromatic rings. The second kappa shape index (κ2) is 13.2. The molecule has 0 saturated heterocycles. The van der Waals surface area contributed by atoms with Crippen LogP contribution in [0.25, 0.3) is 0 Å². The van der Waals surface area contributed by atoms with Crippen molar-refractivity contribution in [3.8, 4) is 17.4 Å². The number of hydrogen-bond acceptors (Lipinski definition) is 7. The average molecular weight is 604 g/mol. The molecule has 216 valence electrons. The standard InChI is InChI=1S/C25H25ClF3N3O7S/c1-31(40(35,36)32(24(33)34)15-17-6-4-3-5-7-17)16-18-8-9-20(38-11-10-37-2)13-22(18)39-23-21(26)12-19(14-30-23)25(27,28)29/h3-9,12-14H,10-11,15-16H2,1-2H3,(H,33,34). The van der Waals surface area contributed by atoms with Crippen molar-refractivity contribution in [2.75, 3.05) is 27.4 Å². The van der Waals surface area contributed by atoms with Gasteiger partial charge in [0, 0.05) is 38.5 Å². The lowest BCUT2D eigenvalue weighted by atomic mass is 10.2. The Morgan fingerprint density at radius 2 is 1.77 bits per heavy atom. The van der Waals surface area contributed by atoms with E-state index in [-0.39, 0.29) is 42.7 Å². The lowest BCUT2D eigenvalue weighted by Gasteiger charge is -2.26. The summed E-state index contributed by atoms with van der Waals surface area (Å²) in [6, 6.07) is 13.2. The SMILES string of the molecule is COCCOc1ccc(CN(C)S(=O)(=O)N(Cc2ccccc2)C(=O)O)c(Oc2ncc(C(F)(F)F)cc2Cl)c1. The highest BCUT2D eigenvalue weighted by Gasteiger charge is 2.33. The number of hydrogen-bond donors (Lipinski definition) is 1. The van der Waals surface area contributed by atoms with E-state index in [0.29, 0.717) is 22.1 Å². The number of alkyl halides is 3. The van der Waals surface area contributed by atoms with Gasteiger partial charge in [0.05, 0.1) is 18.7 Å².